The highest BCUT2D eigenvalue weighted by molar-refractivity contribution is 9.10. The lowest BCUT2D eigenvalue weighted by molar-refractivity contribution is -0.127. The molecule has 1 heterocycles. The summed E-state index contributed by atoms with van der Waals surface area (Å²) in [5.41, 5.74) is 2.37. The van der Waals surface area contributed by atoms with E-state index >= 15 is 0 Å². The molecule has 0 aliphatic carbocycles. The third kappa shape index (κ3) is 5.27. The topological polar surface area (TPSA) is 75.7 Å². The minimum absolute atomic E-state index is 0.273. The molecule has 0 unspecified atom stereocenters. The van der Waals surface area contributed by atoms with Crippen LogP contribution in [0.5, 0.6) is 5.75 Å². The van der Waals surface area contributed by atoms with Crippen molar-refractivity contribution < 1.29 is 19.1 Å². The third-order valence-corrected chi connectivity index (χ3v) is 5.56. The van der Waals surface area contributed by atoms with Gasteiger partial charge >= 0.3 is 0 Å². The van der Waals surface area contributed by atoms with E-state index in [1.54, 1.807) is 24.3 Å². The van der Waals surface area contributed by atoms with E-state index in [1.807, 2.05) is 38.1 Å². The Morgan fingerprint density at radius 3 is 2.72 bits per heavy atom. The van der Waals surface area contributed by atoms with Gasteiger partial charge in [-0.3, -0.25) is 19.3 Å². The van der Waals surface area contributed by atoms with Crippen LogP contribution in [0.15, 0.2) is 51.8 Å². The Balaban J connectivity index is 1.69. The van der Waals surface area contributed by atoms with E-state index in [0.717, 1.165) is 32.3 Å². The second-order valence-corrected chi connectivity index (χ2v) is 8.16. The number of nitrogens with zero attached hydrogens (tertiary/aromatic N) is 1. The summed E-state index contributed by atoms with van der Waals surface area (Å²) in [6, 6.07) is 12.7. The van der Waals surface area contributed by atoms with Crippen LogP contribution in [0.1, 0.15) is 18.1 Å². The van der Waals surface area contributed by atoms with Gasteiger partial charge in [-0.25, -0.2) is 0 Å². The van der Waals surface area contributed by atoms with Crippen LogP contribution in [0.3, 0.4) is 0 Å². The van der Waals surface area contributed by atoms with Gasteiger partial charge in [-0.15, -0.1) is 0 Å². The van der Waals surface area contributed by atoms with Gasteiger partial charge in [-0.05, 0) is 83.0 Å². The molecule has 1 N–H and O–H groups in total. The van der Waals surface area contributed by atoms with Crippen molar-refractivity contribution in [3.8, 4) is 5.75 Å². The normalized spacial score (nSPS) is 15.1. The van der Waals surface area contributed by atoms with E-state index in [0.29, 0.717) is 18.0 Å². The van der Waals surface area contributed by atoms with Gasteiger partial charge in [0.1, 0.15) is 12.3 Å². The number of ether oxygens (including phenoxy) is 1. The summed E-state index contributed by atoms with van der Waals surface area (Å²) in [6.45, 7) is 4.02. The Morgan fingerprint density at radius 2 is 2.03 bits per heavy atom. The molecule has 3 amide bonds. The summed E-state index contributed by atoms with van der Waals surface area (Å²) in [4.78, 5) is 38.4. The van der Waals surface area contributed by atoms with Crippen molar-refractivity contribution in [1.82, 2.24) is 4.90 Å². The van der Waals surface area contributed by atoms with Crippen molar-refractivity contribution in [2.45, 2.75) is 13.8 Å². The molecule has 0 aromatic heterocycles. The molecule has 1 aliphatic heterocycles. The Hall–Kier alpha value is -2.58. The van der Waals surface area contributed by atoms with Crippen LogP contribution in [0.2, 0.25) is 0 Å². The molecule has 3 rings (SSSR count). The highest BCUT2D eigenvalue weighted by atomic mass is 79.9. The second-order valence-electron chi connectivity index (χ2n) is 6.31. The number of halogens is 1. The maximum atomic E-state index is 12.6. The van der Waals surface area contributed by atoms with E-state index in [9.17, 15) is 14.4 Å². The fourth-order valence-corrected chi connectivity index (χ4v) is 4.08. The van der Waals surface area contributed by atoms with E-state index in [4.69, 9.17) is 4.74 Å². The molecule has 29 heavy (non-hydrogen) atoms. The molecule has 8 heteroatoms. The first kappa shape index (κ1) is 21.1. The number of hydrogen-bond acceptors (Lipinski definition) is 5. The van der Waals surface area contributed by atoms with E-state index in [-0.39, 0.29) is 11.4 Å². The molecule has 0 radical (unpaired) electrons. The molecular weight excluding hydrogens is 456 g/mol. The van der Waals surface area contributed by atoms with Gasteiger partial charge in [0.15, 0.2) is 0 Å². The lowest BCUT2D eigenvalue weighted by Crippen LogP contribution is -2.36. The molecule has 1 saturated heterocycles. The largest absolute Gasteiger partial charge is 0.493 e. The summed E-state index contributed by atoms with van der Waals surface area (Å²) in [5, 5.41) is 2.24. The zero-order valence-corrected chi connectivity index (χ0v) is 18.3. The number of nitrogens with one attached hydrogen (secondary N) is 1. The first-order valence-corrected chi connectivity index (χ1v) is 10.5. The second kappa shape index (κ2) is 9.28. The number of hydrogen-bond donors (Lipinski definition) is 1. The van der Waals surface area contributed by atoms with Crippen LogP contribution in [0.25, 0.3) is 6.08 Å². The highest BCUT2D eigenvalue weighted by Gasteiger charge is 2.36. The van der Waals surface area contributed by atoms with Crippen molar-refractivity contribution in [3.05, 3.63) is 63.0 Å². The third-order valence-electron chi connectivity index (χ3n) is 4.03. The maximum absolute atomic E-state index is 12.6. The number of rotatable bonds is 6. The van der Waals surface area contributed by atoms with E-state index in [1.165, 1.54) is 0 Å². The van der Waals surface area contributed by atoms with Crippen molar-refractivity contribution in [1.29, 1.82) is 0 Å². The molecule has 1 aliphatic rings. The average Bonchev–Trinajstić information content (AvgIpc) is 2.91. The lowest BCUT2D eigenvalue weighted by Gasteiger charge is -2.12. The van der Waals surface area contributed by atoms with Crippen LogP contribution < -0.4 is 10.1 Å². The molecular formula is C21H19BrN2O4S. The number of carbonyl (C=O) groups is 3. The standard InChI is InChI=1S/C21H19BrN2O4S/c1-3-28-17-8-7-14(10-16(17)22)11-18-20(26)24(21(27)29-18)12-19(25)23-15-6-4-5-13(2)9-15/h4-11H,3,12H2,1-2H3,(H,23,25)/b18-11-. The van der Waals surface area contributed by atoms with Crippen LogP contribution in [0, 0.1) is 6.92 Å². The number of thioether (sulfide) groups is 1. The van der Waals surface area contributed by atoms with Gasteiger partial charge in [0.2, 0.25) is 5.91 Å². The highest BCUT2D eigenvalue weighted by Crippen LogP contribution is 2.33. The quantitative estimate of drug-likeness (QED) is 0.606. The Bertz CT molecular complexity index is 1010. The number of anilines is 1. The monoisotopic (exact) mass is 474 g/mol. The van der Waals surface area contributed by atoms with Crippen molar-refractivity contribution >= 4 is 56.5 Å². The number of amides is 3. The minimum Gasteiger partial charge on any atom is -0.493 e. The Morgan fingerprint density at radius 1 is 1.24 bits per heavy atom. The molecule has 0 spiro atoms. The van der Waals surface area contributed by atoms with Crippen molar-refractivity contribution in [2.75, 3.05) is 18.5 Å². The Kier molecular flexibility index (Phi) is 6.76. The SMILES string of the molecule is CCOc1ccc(/C=C2\SC(=O)N(CC(=O)Nc3cccc(C)c3)C2=O)cc1Br. The fraction of sp³-hybridized carbons (Fsp3) is 0.190. The summed E-state index contributed by atoms with van der Waals surface area (Å²) < 4.78 is 6.22. The molecule has 0 bridgehead atoms. The van der Waals surface area contributed by atoms with Gasteiger partial charge in [0.05, 0.1) is 16.0 Å². The minimum atomic E-state index is -0.482. The average molecular weight is 475 g/mol. The predicted molar refractivity (Wildman–Crippen MR) is 118 cm³/mol. The van der Waals surface area contributed by atoms with Crippen LogP contribution in [-0.4, -0.2) is 35.1 Å². The van der Waals surface area contributed by atoms with Gasteiger partial charge in [0.25, 0.3) is 11.1 Å². The zero-order valence-electron chi connectivity index (χ0n) is 15.9. The molecule has 150 valence electrons. The maximum Gasteiger partial charge on any atom is 0.294 e. The molecule has 0 saturated carbocycles. The van der Waals surface area contributed by atoms with E-state index < -0.39 is 17.1 Å². The molecule has 0 atom stereocenters. The van der Waals surface area contributed by atoms with Crippen molar-refractivity contribution in [3.63, 3.8) is 0 Å². The predicted octanol–water partition coefficient (Wildman–Crippen LogP) is 4.83. The molecule has 2 aromatic rings. The van der Waals surface area contributed by atoms with Crippen LogP contribution >= 0.6 is 27.7 Å². The summed E-state index contributed by atoms with van der Waals surface area (Å²) in [7, 11) is 0. The van der Waals surface area contributed by atoms with Gasteiger partial charge in [-0.1, -0.05) is 18.2 Å². The summed E-state index contributed by atoms with van der Waals surface area (Å²) in [5.74, 6) is -0.210. The van der Waals surface area contributed by atoms with Crippen LogP contribution in [-0.2, 0) is 9.59 Å². The molecule has 1 fully saturated rings. The van der Waals surface area contributed by atoms with Crippen LogP contribution in [0.4, 0.5) is 10.5 Å². The Labute approximate surface area is 181 Å². The van der Waals surface area contributed by atoms with Gasteiger partial charge < -0.3 is 10.1 Å². The zero-order chi connectivity index (χ0) is 21.0. The van der Waals surface area contributed by atoms with E-state index in [2.05, 4.69) is 21.2 Å². The fourth-order valence-electron chi connectivity index (χ4n) is 2.73. The summed E-state index contributed by atoms with van der Waals surface area (Å²) in [6.07, 6.45) is 1.63. The number of benzene rings is 2. The lowest BCUT2D eigenvalue weighted by atomic mass is 10.2. The van der Waals surface area contributed by atoms with Crippen molar-refractivity contribution in [2.24, 2.45) is 0 Å². The first-order valence-electron chi connectivity index (χ1n) is 8.91. The molecule has 2 aromatic carbocycles. The molecule has 6 nitrogen and oxygen atoms in total. The number of imide groups is 1. The van der Waals surface area contributed by atoms with Gasteiger partial charge in [0, 0.05) is 5.69 Å². The van der Waals surface area contributed by atoms with Gasteiger partial charge in [-0.2, -0.15) is 0 Å². The smallest absolute Gasteiger partial charge is 0.294 e. The number of aryl methyl sites for hydroxylation is 1. The summed E-state index contributed by atoms with van der Waals surface area (Å²) >= 11 is 4.25. The first-order chi connectivity index (χ1) is 13.9. The number of carbonyl (C=O) groups excluding carboxylic acids is 3.